The number of ether oxygens (including phenoxy) is 1. The fraction of sp³-hybridized carbons (Fsp3) is 0.130. The molecular formula is C23H21N3O5. The number of hydrogen-bond acceptors (Lipinski definition) is 5. The lowest BCUT2D eigenvalue weighted by Crippen LogP contribution is -2.14. The summed E-state index contributed by atoms with van der Waals surface area (Å²) >= 11 is 0. The minimum atomic E-state index is -0.508. The summed E-state index contributed by atoms with van der Waals surface area (Å²) in [7, 11) is 0. The second kappa shape index (κ2) is 9.53. The van der Waals surface area contributed by atoms with E-state index in [0.717, 1.165) is 5.75 Å². The highest BCUT2D eigenvalue weighted by atomic mass is 16.6. The first-order chi connectivity index (χ1) is 14.9. The molecule has 0 aromatic heterocycles. The Kier molecular flexibility index (Phi) is 6.61. The monoisotopic (exact) mass is 419 g/mol. The van der Waals surface area contributed by atoms with Gasteiger partial charge in [-0.3, -0.25) is 19.7 Å². The third-order valence-corrected chi connectivity index (χ3v) is 4.49. The number of carbonyl (C=O) groups is 2. The molecule has 0 aliphatic carbocycles. The van der Waals surface area contributed by atoms with Crippen molar-refractivity contribution in [2.45, 2.75) is 13.8 Å². The number of hydrogen-bond donors (Lipinski definition) is 2. The molecule has 0 unspecified atom stereocenters. The van der Waals surface area contributed by atoms with E-state index in [1.54, 1.807) is 55.5 Å². The lowest BCUT2D eigenvalue weighted by molar-refractivity contribution is -0.384. The van der Waals surface area contributed by atoms with E-state index in [2.05, 4.69) is 10.6 Å². The molecule has 0 aliphatic rings. The van der Waals surface area contributed by atoms with Crippen molar-refractivity contribution < 1.29 is 19.2 Å². The Balaban J connectivity index is 1.63. The predicted octanol–water partition coefficient (Wildman–Crippen LogP) is 4.81. The highest BCUT2D eigenvalue weighted by Gasteiger charge is 2.14. The molecule has 3 aromatic carbocycles. The number of anilines is 2. The van der Waals surface area contributed by atoms with Crippen molar-refractivity contribution in [2.75, 3.05) is 17.2 Å². The first-order valence-electron chi connectivity index (χ1n) is 9.58. The minimum absolute atomic E-state index is 0.0723. The predicted molar refractivity (Wildman–Crippen MR) is 118 cm³/mol. The van der Waals surface area contributed by atoms with Gasteiger partial charge in [-0.05, 0) is 74.0 Å². The lowest BCUT2D eigenvalue weighted by atomic mass is 10.1. The number of carbonyl (C=O) groups excluding carboxylic acids is 2. The van der Waals surface area contributed by atoms with Gasteiger partial charge in [-0.1, -0.05) is 0 Å². The smallest absolute Gasteiger partial charge is 0.269 e. The molecule has 0 radical (unpaired) electrons. The van der Waals surface area contributed by atoms with Gasteiger partial charge in [0.2, 0.25) is 0 Å². The maximum atomic E-state index is 12.5. The Bertz CT molecular complexity index is 1110. The molecule has 3 aromatic rings. The van der Waals surface area contributed by atoms with Crippen molar-refractivity contribution in [1.82, 2.24) is 0 Å². The van der Waals surface area contributed by atoms with Gasteiger partial charge in [-0.2, -0.15) is 0 Å². The van der Waals surface area contributed by atoms with Gasteiger partial charge in [-0.25, -0.2) is 0 Å². The van der Waals surface area contributed by atoms with Crippen LogP contribution in [-0.2, 0) is 0 Å². The summed E-state index contributed by atoms with van der Waals surface area (Å²) in [5.74, 6) is 0.0519. The van der Waals surface area contributed by atoms with Crippen LogP contribution in [0, 0.1) is 17.0 Å². The molecule has 0 atom stereocenters. The van der Waals surface area contributed by atoms with Gasteiger partial charge in [0, 0.05) is 34.6 Å². The Morgan fingerprint density at radius 3 is 2.03 bits per heavy atom. The number of non-ortho nitro benzene ring substituents is 1. The van der Waals surface area contributed by atoms with Crippen molar-refractivity contribution in [3.8, 4) is 5.75 Å². The van der Waals surface area contributed by atoms with E-state index >= 15 is 0 Å². The summed E-state index contributed by atoms with van der Waals surface area (Å²) in [5, 5.41) is 16.4. The van der Waals surface area contributed by atoms with Crippen molar-refractivity contribution in [1.29, 1.82) is 0 Å². The Labute approximate surface area is 179 Å². The van der Waals surface area contributed by atoms with Gasteiger partial charge in [0.1, 0.15) is 5.75 Å². The fourth-order valence-electron chi connectivity index (χ4n) is 2.92. The molecule has 0 spiro atoms. The Morgan fingerprint density at radius 1 is 0.903 bits per heavy atom. The van der Waals surface area contributed by atoms with Crippen LogP contribution in [0.3, 0.4) is 0 Å². The standard InChI is InChI=1S/C23H21N3O5/c1-3-31-20-11-8-18(9-12-20)24-22(27)16-4-6-17(7-5-16)25-23(28)21-13-10-19(26(29)30)14-15(21)2/h4-14H,3H2,1-2H3,(H,24,27)(H,25,28). The molecule has 31 heavy (non-hydrogen) atoms. The maximum absolute atomic E-state index is 12.5. The van der Waals surface area contributed by atoms with Gasteiger partial charge in [0.15, 0.2) is 0 Å². The summed E-state index contributed by atoms with van der Waals surface area (Å²) in [6, 6.07) is 17.5. The number of rotatable bonds is 7. The van der Waals surface area contributed by atoms with E-state index < -0.39 is 4.92 Å². The second-order valence-corrected chi connectivity index (χ2v) is 6.70. The van der Waals surface area contributed by atoms with Gasteiger partial charge in [0.25, 0.3) is 17.5 Å². The van der Waals surface area contributed by atoms with Gasteiger partial charge in [-0.15, -0.1) is 0 Å². The molecule has 8 nitrogen and oxygen atoms in total. The lowest BCUT2D eigenvalue weighted by Gasteiger charge is -2.09. The average molecular weight is 419 g/mol. The molecule has 0 fully saturated rings. The molecule has 3 rings (SSSR count). The second-order valence-electron chi connectivity index (χ2n) is 6.70. The first-order valence-corrected chi connectivity index (χ1v) is 9.58. The molecular weight excluding hydrogens is 398 g/mol. The number of nitrogens with zero attached hydrogens (tertiary/aromatic N) is 1. The van der Waals surface area contributed by atoms with Gasteiger partial charge in [0.05, 0.1) is 11.5 Å². The van der Waals surface area contributed by atoms with Gasteiger partial charge >= 0.3 is 0 Å². The van der Waals surface area contributed by atoms with Crippen LogP contribution in [0.25, 0.3) is 0 Å². The van der Waals surface area contributed by atoms with E-state index in [0.29, 0.717) is 34.7 Å². The molecule has 0 saturated carbocycles. The van der Waals surface area contributed by atoms with Gasteiger partial charge < -0.3 is 15.4 Å². The van der Waals surface area contributed by atoms with Crippen LogP contribution >= 0.6 is 0 Å². The highest BCUT2D eigenvalue weighted by Crippen LogP contribution is 2.20. The quantitative estimate of drug-likeness (QED) is 0.422. The van der Waals surface area contributed by atoms with Crippen LogP contribution in [0.2, 0.25) is 0 Å². The number of benzene rings is 3. The van der Waals surface area contributed by atoms with Crippen LogP contribution in [0.1, 0.15) is 33.2 Å². The average Bonchev–Trinajstić information content (AvgIpc) is 2.75. The van der Waals surface area contributed by atoms with Crippen LogP contribution in [0.15, 0.2) is 66.7 Å². The van der Waals surface area contributed by atoms with E-state index in [9.17, 15) is 19.7 Å². The number of nitro benzene ring substituents is 1. The summed E-state index contributed by atoms with van der Waals surface area (Å²) in [6.07, 6.45) is 0. The molecule has 0 heterocycles. The number of amides is 2. The van der Waals surface area contributed by atoms with E-state index in [4.69, 9.17) is 4.74 Å². The zero-order valence-electron chi connectivity index (χ0n) is 17.0. The minimum Gasteiger partial charge on any atom is -0.494 e. The SMILES string of the molecule is CCOc1ccc(NC(=O)c2ccc(NC(=O)c3ccc([N+](=O)[O-])cc3C)cc2)cc1. The number of nitro groups is 1. The summed E-state index contributed by atoms with van der Waals surface area (Å²) in [6.45, 7) is 4.10. The molecule has 158 valence electrons. The number of nitrogens with one attached hydrogen (secondary N) is 2. The molecule has 0 saturated heterocycles. The van der Waals surface area contributed by atoms with Crippen LogP contribution in [-0.4, -0.2) is 23.3 Å². The summed E-state index contributed by atoms with van der Waals surface area (Å²) in [4.78, 5) is 35.2. The molecule has 0 aliphatic heterocycles. The molecule has 2 N–H and O–H groups in total. The molecule has 2 amide bonds. The number of aryl methyl sites for hydroxylation is 1. The third-order valence-electron chi connectivity index (χ3n) is 4.49. The maximum Gasteiger partial charge on any atom is 0.269 e. The Hall–Kier alpha value is -4.20. The molecule has 8 heteroatoms. The van der Waals surface area contributed by atoms with Crippen molar-refractivity contribution in [3.05, 3.63) is 93.5 Å². The van der Waals surface area contributed by atoms with E-state index in [-0.39, 0.29) is 17.5 Å². The third kappa shape index (κ3) is 5.45. The van der Waals surface area contributed by atoms with Crippen LogP contribution in [0.4, 0.5) is 17.1 Å². The van der Waals surface area contributed by atoms with Crippen molar-refractivity contribution >= 4 is 28.9 Å². The highest BCUT2D eigenvalue weighted by molar-refractivity contribution is 6.07. The zero-order chi connectivity index (χ0) is 22.4. The molecule has 0 bridgehead atoms. The van der Waals surface area contributed by atoms with Crippen molar-refractivity contribution in [2.24, 2.45) is 0 Å². The summed E-state index contributed by atoms with van der Waals surface area (Å²) < 4.78 is 5.37. The normalized spacial score (nSPS) is 10.3. The van der Waals surface area contributed by atoms with Crippen molar-refractivity contribution in [3.63, 3.8) is 0 Å². The largest absolute Gasteiger partial charge is 0.494 e. The van der Waals surface area contributed by atoms with Crippen LogP contribution in [0.5, 0.6) is 5.75 Å². The van der Waals surface area contributed by atoms with Crippen LogP contribution < -0.4 is 15.4 Å². The topological polar surface area (TPSA) is 111 Å². The fourth-order valence-corrected chi connectivity index (χ4v) is 2.92. The van der Waals surface area contributed by atoms with E-state index in [1.807, 2.05) is 6.92 Å². The first kappa shape index (κ1) is 21.5. The van der Waals surface area contributed by atoms with E-state index in [1.165, 1.54) is 18.2 Å². The zero-order valence-corrected chi connectivity index (χ0v) is 17.0. The summed E-state index contributed by atoms with van der Waals surface area (Å²) in [5.41, 5.74) is 2.33. The Morgan fingerprint density at radius 2 is 1.48 bits per heavy atom.